The quantitative estimate of drug-likeness (QED) is 0.716. The van der Waals surface area contributed by atoms with Crippen LogP contribution in [0.2, 0.25) is 0 Å². The molecule has 3 unspecified atom stereocenters. The van der Waals surface area contributed by atoms with E-state index in [1.807, 2.05) is 6.92 Å². The summed E-state index contributed by atoms with van der Waals surface area (Å²) in [5.41, 5.74) is 0. The van der Waals surface area contributed by atoms with Gasteiger partial charge in [-0.05, 0) is 18.3 Å². The van der Waals surface area contributed by atoms with Crippen molar-refractivity contribution in [3.05, 3.63) is 0 Å². The summed E-state index contributed by atoms with van der Waals surface area (Å²) in [4.78, 5) is 0. The second-order valence-corrected chi connectivity index (χ2v) is 6.28. The first-order valence-electron chi connectivity index (χ1n) is 5.04. The zero-order valence-electron chi connectivity index (χ0n) is 8.66. The maximum Gasteiger partial charge on any atom is 0.212 e. The molecule has 3 atom stereocenters. The van der Waals surface area contributed by atoms with Crippen molar-refractivity contribution in [2.24, 2.45) is 11.8 Å². The van der Waals surface area contributed by atoms with Gasteiger partial charge in [-0.2, -0.15) is 0 Å². The normalized spacial score (nSPS) is 28.8. The van der Waals surface area contributed by atoms with E-state index in [1.165, 1.54) is 0 Å². The van der Waals surface area contributed by atoms with Crippen LogP contribution in [0.15, 0.2) is 0 Å². The lowest BCUT2D eigenvalue weighted by atomic mass is 10.3. The zero-order valence-corrected chi connectivity index (χ0v) is 10.2. The maximum atomic E-state index is 11.5. The average Bonchev–Trinajstić information content (AvgIpc) is 2.81. The maximum absolute atomic E-state index is 11.5. The van der Waals surface area contributed by atoms with Crippen LogP contribution in [0.1, 0.15) is 26.7 Å². The smallest absolute Gasteiger partial charge is 0.212 e. The molecule has 14 heavy (non-hydrogen) atoms. The van der Waals surface area contributed by atoms with E-state index in [0.29, 0.717) is 11.8 Å². The number of rotatable bonds is 6. The highest BCUT2D eigenvalue weighted by atomic mass is 35.5. The molecule has 0 radical (unpaired) electrons. The van der Waals surface area contributed by atoms with Gasteiger partial charge in [0.25, 0.3) is 0 Å². The van der Waals surface area contributed by atoms with E-state index in [-0.39, 0.29) is 17.7 Å². The van der Waals surface area contributed by atoms with Crippen molar-refractivity contribution < 1.29 is 8.42 Å². The Bertz CT molecular complexity index is 279. The molecule has 1 aliphatic carbocycles. The Kier molecular flexibility index (Phi) is 4.22. The minimum absolute atomic E-state index is 0.0213. The number of hydrogen-bond donors (Lipinski definition) is 1. The summed E-state index contributed by atoms with van der Waals surface area (Å²) in [6.45, 7) is 3.93. The van der Waals surface area contributed by atoms with Crippen molar-refractivity contribution >= 4 is 21.6 Å². The minimum Gasteiger partial charge on any atom is -0.212 e. The van der Waals surface area contributed by atoms with Gasteiger partial charge in [-0.25, -0.2) is 13.1 Å². The first kappa shape index (κ1) is 12.3. The number of halogens is 1. The standard InChI is InChI=1S/C9H18ClNO2S/c1-3-8-4-9(8)11-14(12,13)6-7(2)5-10/h7-9,11H,3-6H2,1-2H3. The van der Waals surface area contributed by atoms with Crippen LogP contribution < -0.4 is 4.72 Å². The summed E-state index contributed by atoms with van der Waals surface area (Å²) in [7, 11) is -3.11. The molecule has 0 spiro atoms. The Hall–Kier alpha value is 0.200. The molecule has 1 aliphatic rings. The predicted octanol–water partition coefficient (Wildman–Crippen LogP) is 1.58. The van der Waals surface area contributed by atoms with E-state index in [9.17, 15) is 8.42 Å². The van der Waals surface area contributed by atoms with E-state index >= 15 is 0 Å². The van der Waals surface area contributed by atoms with Gasteiger partial charge in [0, 0.05) is 11.9 Å². The van der Waals surface area contributed by atoms with Crippen LogP contribution in [0.5, 0.6) is 0 Å². The number of nitrogens with one attached hydrogen (secondary N) is 1. The van der Waals surface area contributed by atoms with Crippen molar-refractivity contribution in [1.82, 2.24) is 4.72 Å². The largest absolute Gasteiger partial charge is 0.212 e. The summed E-state index contributed by atoms with van der Waals surface area (Å²) >= 11 is 5.57. The van der Waals surface area contributed by atoms with Crippen LogP contribution in [0.25, 0.3) is 0 Å². The third-order valence-electron chi connectivity index (χ3n) is 2.55. The number of hydrogen-bond acceptors (Lipinski definition) is 2. The molecule has 5 heteroatoms. The number of alkyl halides is 1. The third-order valence-corrected chi connectivity index (χ3v) is 4.74. The second kappa shape index (κ2) is 4.81. The SMILES string of the molecule is CCC1CC1NS(=O)(=O)CC(C)CCl. The average molecular weight is 240 g/mol. The van der Waals surface area contributed by atoms with Gasteiger partial charge in [-0.3, -0.25) is 0 Å². The molecule has 1 saturated carbocycles. The topological polar surface area (TPSA) is 46.2 Å². The minimum atomic E-state index is -3.11. The molecule has 0 saturated heterocycles. The van der Waals surface area contributed by atoms with Gasteiger partial charge in [0.05, 0.1) is 5.75 Å². The molecule has 0 aromatic rings. The lowest BCUT2D eigenvalue weighted by molar-refractivity contribution is 0.563. The summed E-state index contributed by atoms with van der Waals surface area (Å²) in [6, 6.07) is 0.188. The van der Waals surface area contributed by atoms with Gasteiger partial charge in [-0.15, -0.1) is 11.6 Å². The van der Waals surface area contributed by atoms with Gasteiger partial charge in [0.1, 0.15) is 0 Å². The molecule has 0 bridgehead atoms. The van der Waals surface area contributed by atoms with Gasteiger partial charge < -0.3 is 0 Å². The fraction of sp³-hybridized carbons (Fsp3) is 1.00. The Morgan fingerprint density at radius 1 is 1.57 bits per heavy atom. The van der Waals surface area contributed by atoms with Crippen LogP contribution in [-0.2, 0) is 10.0 Å². The van der Waals surface area contributed by atoms with E-state index < -0.39 is 10.0 Å². The van der Waals surface area contributed by atoms with Crippen LogP contribution in [0.4, 0.5) is 0 Å². The molecule has 0 heterocycles. The Morgan fingerprint density at radius 2 is 2.21 bits per heavy atom. The summed E-state index contributed by atoms with van der Waals surface area (Å²) in [5.74, 6) is 1.11. The van der Waals surface area contributed by atoms with Crippen molar-refractivity contribution in [3.63, 3.8) is 0 Å². The van der Waals surface area contributed by atoms with Crippen molar-refractivity contribution in [3.8, 4) is 0 Å². The van der Waals surface area contributed by atoms with Crippen LogP contribution >= 0.6 is 11.6 Å². The molecule has 0 aromatic carbocycles. The molecular formula is C9H18ClNO2S. The highest BCUT2D eigenvalue weighted by molar-refractivity contribution is 7.89. The lowest BCUT2D eigenvalue weighted by Gasteiger charge is -2.09. The molecule has 0 aliphatic heterocycles. The van der Waals surface area contributed by atoms with Crippen molar-refractivity contribution in [2.45, 2.75) is 32.7 Å². The van der Waals surface area contributed by atoms with Gasteiger partial charge in [0.2, 0.25) is 10.0 Å². The Labute approximate surface area is 91.3 Å². The molecule has 1 fully saturated rings. The van der Waals surface area contributed by atoms with E-state index in [0.717, 1.165) is 12.8 Å². The van der Waals surface area contributed by atoms with Gasteiger partial charge >= 0.3 is 0 Å². The monoisotopic (exact) mass is 239 g/mol. The molecular weight excluding hydrogens is 222 g/mol. The molecule has 1 N–H and O–H groups in total. The molecule has 0 amide bonds. The van der Waals surface area contributed by atoms with Gasteiger partial charge in [-0.1, -0.05) is 20.3 Å². The second-order valence-electron chi connectivity index (χ2n) is 4.17. The molecule has 1 rings (SSSR count). The Balaban J connectivity index is 2.36. The van der Waals surface area contributed by atoms with Gasteiger partial charge in [0.15, 0.2) is 0 Å². The molecule has 3 nitrogen and oxygen atoms in total. The van der Waals surface area contributed by atoms with Crippen LogP contribution in [-0.4, -0.2) is 26.1 Å². The highest BCUT2D eigenvalue weighted by Gasteiger charge is 2.38. The zero-order chi connectivity index (χ0) is 10.8. The first-order valence-corrected chi connectivity index (χ1v) is 7.23. The third kappa shape index (κ3) is 3.75. The van der Waals surface area contributed by atoms with Crippen LogP contribution in [0.3, 0.4) is 0 Å². The fourth-order valence-electron chi connectivity index (χ4n) is 1.54. The Morgan fingerprint density at radius 3 is 2.64 bits per heavy atom. The van der Waals surface area contributed by atoms with E-state index in [1.54, 1.807) is 0 Å². The van der Waals surface area contributed by atoms with Crippen molar-refractivity contribution in [1.29, 1.82) is 0 Å². The summed E-state index contributed by atoms with van der Waals surface area (Å²) in [5, 5.41) is 0. The fourth-order valence-corrected chi connectivity index (χ4v) is 3.49. The first-order chi connectivity index (χ1) is 6.48. The lowest BCUT2D eigenvalue weighted by Crippen LogP contribution is -2.32. The van der Waals surface area contributed by atoms with Crippen molar-refractivity contribution in [2.75, 3.05) is 11.6 Å². The van der Waals surface area contributed by atoms with Crippen LogP contribution in [0, 0.1) is 11.8 Å². The summed E-state index contributed by atoms with van der Waals surface area (Å²) in [6.07, 6.45) is 2.04. The molecule has 84 valence electrons. The highest BCUT2D eigenvalue weighted by Crippen LogP contribution is 2.33. The predicted molar refractivity (Wildman–Crippen MR) is 59.0 cm³/mol. The molecule has 0 aromatic heterocycles. The van der Waals surface area contributed by atoms with E-state index in [2.05, 4.69) is 11.6 Å². The summed E-state index contributed by atoms with van der Waals surface area (Å²) < 4.78 is 25.8. The number of sulfonamides is 1. The van der Waals surface area contributed by atoms with E-state index in [4.69, 9.17) is 11.6 Å².